The van der Waals surface area contributed by atoms with Crippen LogP contribution in [0.1, 0.15) is 27.8 Å². The third kappa shape index (κ3) is 5.18. The molecule has 4 heteroatoms. The summed E-state index contributed by atoms with van der Waals surface area (Å²) in [5.74, 6) is 0. The van der Waals surface area contributed by atoms with Gasteiger partial charge in [-0.3, -0.25) is 0 Å². The van der Waals surface area contributed by atoms with E-state index in [4.69, 9.17) is 5.41 Å². The number of hydrogen-bond donors (Lipinski definition) is 2. The summed E-state index contributed by atoms with van der Waals surface area (Å²) in [4.78, 5) is 0. The predicted octanol–water partition coefficient (Wildman–Crippen LogP) is 8.36. The minimum atomic E-state index is -3.10. The highest BCUT2D eigenvalue weighted by Gasteiger charge is 2.31. The standard InChI is InChI=1S/C41H31N2OP/c42-29-38(30-15-5-1-6-16-30)41-37-24-14-13-23-36(37)39(40(43-41)32-17-7-2-8-18-32)31-25-27-35(28-26-31)45(44,33-19-9-3-10-20-33)34-21-11-4-12-22-34/h1-29,42-43H/b41-38+,42-29?. The summed E-state index contributed by atoms with van der Waals surface area (Å²) in [6.45, 7) is 0. The second kappa shape index (κ2) is 12.2. The average Bonchev–Trinajstić information content (AvgIpc) is 3.13. The SMILES string of the molecule is N=C/C(=C1\NC(c2ccccc2)=C(c2ccc(P(=O)(c3ccccc3)c3ccccc3)cc2)c2ccccc21)c1ccccc1. The molecule has 45 heavy (non-hydrogen) atoms. The van der Waals surface area contributed by atoms with Crippen molar-refractivity contribution in [3.63, 3.8) is 0 Å². The van der Waals surface area contributed by atoms with E-state index in [0.717, 1.165) is 66.3 Å². The van der Waals surface area contributed by atoms with Crippen LogP contribution in [0.15, 0.2) is 170 Å². The summed E-state index contributed by atoms with van der Waals surface area (Å²) in [7, 11) is -3.10. The van der Waals surface area contributed by atoms with E-state index in [-0.39, 0.29) is 0 Å². The summed E-state index contributed by atoms with van der Waals surface area (Å²) in [6, 6.07) is 56.5. The van der Waals surface area contributed by atoms with Gasteiger partial charge in [0, 0.05) is 38.8 Å². The predicted molar refractivity (Wildman–Crippen MR) is 190 cm³/mol. The number of hydrogen-bond acceptors (Lipinski definition) is 3. The van der Waals surface area contributed by atoms with Gasteiger partial charge in [0.25, 0.3) is 0 Å². The van der Waals surface area contributed by atoms with Crippen molar-refractivity contribution in [2.75, 3.05) is 0 Å². The first-order chi connectivity index (χ1) is 22.2. The van der Waals surface area contributed by atoms with Crippen molar-refractivity contribution in [2.45, 2.75) is 0 Å². The fraction of sp³-hybridized carbons (Fsp3) is 0. The van der Waals surface area contributed by atoms with Crippen molar-refractivity contribution >= 4 is 51.8 Å². The van der Waals surface area contributed by atoms with Crippen LogP contribution in [0.4, 0.5) is 0 Å². The van der Waals surface area contributed by atoms with E-state index in [1.807, 2.05) is 127 Å². The summed E-state index contributed by atoms with van der Waals surface area (Å²) in [5.41, 5.74) is 8.85. The molecule has 6 aromatic carbocycles. The first-order valence-electron chi connectivity index (χ1n) is 15.0. The lowest BCUT2D eigenvalue weighted by Crippen LogP contribution is -2.25. The monoisotopic (exact) mass is 598 g/mol. The Kier molecular flexibility index (Phi) is 7.69. The molecule has 3 nitrogen and oxygen atoms in total. The van der Waals surface area contributed by atoms with Gasteiger partial charge >= 0.3 is 0 Å². The van der Waals surface area contributed by atoms with Crippen LogP contribution in [0.25, 0.3) is 22.5 Å². The van der Waals surface area contributed by atoms with Crippen molar-refractivity contribution in [2.24, 2.45) is 0 Å². The molecule has 0 bridgehead atoms. The fourth-order valence-electron chi connectivity index (χ4n) is 6.12. The number of fused-ring (bicyclic) bond motifs is 1. The summed E-state index contributed by atoms with van der Waals surface area (Å²) >= 11 is 0. The van der Waals surface area contributed by atoms with Gasteiger partial charge in [-0.1, -0.05) is 170 Å². The van der Waals surface area contributed by atoms with E-state index >= 15 is 4.57 Å². The molecule has 1 aliphatic rings. The van der Waals surface area contributed by atoms with E-state index in [9.17, 15) is 0 Å². The Morgan fingerprint density at radius 3 is 1.53 bits per heavy atom. The molecule has 0 unspecified atom stereocenters. The molecule has 0 fully saturated rings. The topological polar surface area (TPSA) is 53.0 Å². The van der Waals surface area contributed by atoms with E-state index in [0.29, 0.717) is 0 Å². The lowest BCUT2D eigenvalue weighted by molar-refractivity contribution is 0.592. The van der Waals surface area contributed by atoms with Gasteiger partial charge in [0.15, 0.2) is 7.14 Å². The smallest absolute Gasteiger partial charge is 0.171 e. The van der Waals surface area contributed by atoms with E-state index in [1.165, 1.54) is 6.21 Å². The third-order valence-electron chi connectivity index (χ3n) is 8.29. The van der Waals surface area contributed by atoms with Gasteiger partial charge in [0.05, 0.1) is 11.4 Å². The maximum atomic E-state index is 15.0. The maximum Gasteiger partial charge on any atom is 0.171 e. The number of nitrogens with one attached hydrogen (secondary N) is 2. The van der Waals surface area contributed by atoms with Crippen molar-refractivity contribution in [3.8, 4) is 0 Å². The molecule has 0 saturated heterocycles. The molecule has 1 heterocycles. The Labute approximate surface area is 264 Å². The molecule has 0 saturated carbocycles. The Bertz CT molecular complexity index is 2040. The lowest BCUT2D eigenvalue weighted by atomic mass is 9.84. The number of benzene rings is 6. The van der Waals surface area contributed by atoms with Crippen molar-refractivity contribution in [1.29, 1.82) is 5.41 Å². The molecule has 7 rings (SSSR count). The molecular formula is C41H31N2OP. The molecule has 216 valence electrons. The second-order valence-electron chi connectivity index (χ2n) is 10.9. The number of rotatable bonds is 7. The van der Waals surface area contributed by atoms with Crippen LogP contribution in [0.2, 0.25) is 0 Å². The van der Waals surface area contributed by atoms with Crippen LogP contribution in [0.3, 0.4) is 0 Å². The van der Waals surface area contributed by atoms with Crippen molar-refractivity contribution in [1.82, 2.24) is 5.32 Å². The molecule has 6 aromatic rings. The summed E-state index contributed by atoms with van der Waals surface area (Å²) in [5, 5.41) is 14.6. The second-order valence-corrected chi connectivity index (χ2v) is 13.7. The zero-order valence-corrected chi connectivity index (χ0v) is 25.5. The molecular weight excluding hydrogens is 567 g/mol. The minimum absolute atomic E-state index is 0.790. The summed E-state index contributed by atoms with van der Waals surface area (Å²) in [6.07, 6.45) is 1.43. The molecule has 2 N–H and O–H groups in total. The highest BCUT2D eigenvalue weighted by Crippen LogP contribution is 2.44. The van der Waals surface area contributed by atoms with Crippen molar-refractivity contribution < 1.29 is 4.57 Å². The van der Waals surface area contributed by atoms with Gasteiger partial charge in [-0.25, -0.2) is 0 Å². The Hall–Kier alpha value is -5.50. The summed E-state index contributed by atoms with van der Waals surface area (Å²) < 4.78 is 15.0. The zero-order chi connectivity index (χ0) is 30.6. The van der Waals surface area contributed by atoms with Crippen LogP contribution >= 0.6 is 7.14 Å². The minimum Gasteiger partial charge on any atom is -0.353 e. The van der Waals surface area contributed by atoms with E-state index < -0.39 is 7.14 Å². The van der Waals surface area contributed by atoms with E-state index in [2.05, 4.69) is 47.8 Å². The Morgan fingerprint density at radius 2 is 0.978 bits per heavy atom. The van der Waals surface area contributed by atoms with Crippen LogP contribution in [-0.4, -0.2) is 6.21 Å². The molecule has 0 aliphatic carbocycles. The van der Waals surface area contributed by atoms with Crippen molar-refractivity contribution in [3.05, 3.63) is 198 Å². The first-order valence-corrected chi connectivity index (χ1v) is 16.7. The van der Waals surface area contributed by atoms with Gasteiger partial charge in [0.2, 0.25) is 0 Å². The average molecular weight is 599 g/mol. The highest BCUT2D eigenvalue weighted by atomic mass is 31.2. The molecule has 0 spiro atoms. The van der Waals surface area contributed by atoms with Gasteiger partial charge < -0.3 is 15.3 Å². The molecule has 0 aromatic heterocycles. The third-order valence-corrected chi connectivity index (χ3v) is 11.4. The van der Waals surface area contributed by atoms with Crippen LogP contribution in [0.5, 0.6) is 0 Å². The van der Waals surface area contributed by atoms with Crippen LogP contribution in [-0.2, 0) is 4.57 Å². The van der Waals surface area contributed by atoms with E-state index in [1.54, 1.807) is 0 Å². The Morgan fingerprint density at radius 1 is 0.511 bits per heavy atom. The van der Waals surface area contributed by atoms with Gasteiger partial charge in [-0.05, 0) is 22.3 Å². The maximum absolute atomic E-state index is 15.0. The first kappa shape index (κ1) is 28.3. The number of allylic oxidation sites excluding steroid dienone is 1. The Balaban J connectivity index is 1.43. The normalized spacial score (nSPS) is 13.9. The molecule has 0 amide bonds. The quantitative estimate of drug-likeness (QED) is 0.143. The highest BCUT2D eigenvalue weighted by molar-refractivity contribution is 7.85. The molecule has 1 aliphatic heterocycles. The van der Waals surface area contributed by atoms with Crippen LogP contribution < -0.4 is 21.2 Å². The molecule has 0 atom stereocenters. The van der Waals surface area contributed by atoms with Gasteiger partial charge in [-0.15, -0.1) is 0 Å². The molecule has 0 radical (unpaired) electrons. The lowest BCUT2D eigenvalue weighted by Gasteiger charge is -2.29. The fourth-order valence-corrected chi connectivity index (χ4v) is 8.77. The van der Waals surface area contributed by atoms with Crippen LogP contribution in [0, 0.1) is 5.41 Å². The zero-order valence-electron chi connectivity index (χ0n) is 24.6. The van der Waals surface area contributed by atoms with Gasteiger partial charge in [-0.2, -0.15) is 0 Å². The largest absolute Gasteiger partial charge is 0.353 e. The van der Waals surface area contributed by atoms with Gasteiger partial charge in [0.1, 0.15) is 0 Å².